The number of nitro benzene ring substituents is 1. The SMILES string of the molecule is CC(C)N(CCC#N)c1ccc([N+](=O)[O-])cc1CCl. The van der Waals surface area contributed by atoms with Crippen LogP contribution in [-0.2, 0) is 5.88 Å². The molecule has 0 atom stereocenters. The summed E-state index contributed by atoms with van der Waals surface area (Å²) >= 11 is 5.88. The van der Waals surface area contributed by atoms with Gasteiger partial charge in [0.05, 0.1) is 17.4 Å². The molecule has 0 aliphatic heterocycles. The van der Waals surface area contributed by atoms with Crippen molar-refractivity contribution in [1.82, 2.24) is 0 Å². The number of nitro groups is 1. The van der Waals surface area contributed by atoms with Crippen molar-refractivity contribution in [3.05, 3.63) is 33.9 Å². The predicted molar refractivity (Wildman–Crippen MR) is 75.4 cm³/mol. The lowest BCUT2D eigenvalue weighted by Crippen LogP contribution is -2.32. The molecule has 0 aromatic heterocycles. The minimum atomic E-state index is -0.436. The number of hydrogen-bond donors (Lipinski definition) is 0. The normalized spacial score (nSPS) is 10.3. The quantitative estimate of drug-likeness (QED) is 0.455. The zero-order valence-corrected chi connectivity index (χ0v) is 11.7. The molecule has 0 radical (unpaired) electrons. The topological polar surface area (TPSA) is 70.2 Å². The van der Waals surface area contributed by atoms with Gasteiger partial charge in [-0.15, -0.1) is 11.6 Å². The molecular formula is C13H16ClN3O2. The standard InChI is InChI=1S/C13H16ClN3O2/c1-10(2)16(7-3-6-15)13-5-4-12(17(18)19)8-11(13)9-14/h4-5,8,10H,3,7,9H2,1-2H3. The molecule has 0 spiro atoms. The third kappa shape index (κ3) is 3.83. The molecule has 0 saturated carbocycles. The molecule has 0 fully saturated rings. The lowest BCUT2D eigenvalue weighted by atomic mass is 10.1. The predicted octanol–water partition coefficient (Wildman–Crippen LogP) is 3.46. The molecule has 0 heterocycles. The summed E-state index contributed by atoms with van der Waals surface area (Å²) in [5, 5.41) is 19.5. The van der Waals surface area contributed by atoms with Crippen molar-refractivity contribution in [3.8, 4) is 6.07 Å². The van der Waals surface area contributed by atoms with Crippen LogP contribution in [0.25, 0.3) is 0 Å². The molecule has 0 aliphatic rings. The van der Waals surface area contributed by atoms with Crippen molar-refractivity contribution in [2.75, 3.05) is 11.4 Å². The molecule has 0 amide bonds. The Morgan fingerprint density at radius 3 is 2.68 bits per heavy atom. The maximum absolute atomic E-state index is 10.8. The molecule has 0 bridgehead atoms. The molecule has 5 nitrogen and oxygen atoms in total. The van der Waals surface area contributed by atoms with Crippen LogP contribution < -0.4 is 4.90 Å². The van der Waals surface area contributed by atoms with Crippen molar-refractivity contribution in [2.24, 2.45) is 0 Å². The van der Waals surface area contributed by atoms with Crippen LogP contribution in [0.5, 0.6) is 0 Å². The zero-order valence-electron chi connectivity index (χ0n) is 11.0. The summed E-state index contributed by atoms with van der Waals surface area (Å²) in [6.45, 7) is 4.60. The molecule has 19 heavy (non-hydrogen) atoms. The van der Waals surface area contributed by atoms with E-state index in [0.29, 0.717) is 18.5 Å². The van der Waals surface area contributed by atoms with Gasteiger partial charge in [0.2, 0.25) is 0 Å². The lowest BCUT2D eigenvalue weighted by molar-refractivity contribution is -0.384. The van der Waals surface area contributed by atoms with Crippen LogP contribution >= 0.6 is 11.6 Å². The molecule has 1 aromatic carbocycles. The van der Waals surface area contributed by atoms with Crippen LogP contribution in [0, 0.1) is 21.4 Å². The average molecular weight is 282 g/mol. The van der Waals surface area contributed by atoms with E-state index in [9.17, 15) is 10.1 Å². The highest BCUT2D eigenvalue weighted by Gasteiger charge is 2.17. The van der Waals surface area contributed by atoms with Crippen LogP contribution in [0.2, 0.25) is 0 Å². The van der Waals surface area contributed by atoms with Crippen LogP contribution in [0.15, 0.2) is 18.2 Å². The number of alkyl halides is 1. The van der Waals surface area contributed by atoms with Gasteiger partial charge in [0, 0.05) is 36.3 Å². The number of halogens is 1. The monoisotopic (exact) mass is 281 g/mol. The van der Waals surface area contributed by atoms with Gasteiger partial charge in [0.1, 0.15) is 0 Å². The summed E-state index contributed by atoms with van der Waals surface area (Å²) in [4.78, 5) is 12.4. The van der Waals surface area contributed by atoms with Crippen LogP contribution in [-0.4, -0.2) is 17.5 Å². The first-order chi connectivity index (χ1) is 9.01. The second-order valence-electron chi connectivity index (χ2n) is 4.40. The average Bonchev–Trinajstić information content (AvgIpc) is 2.38. The fraction of sp³-hybridized carbons (Fsp3) is 0.462. The minimum absolute atomic E-state index is 0.0309. The fourth-order valence-electron chi connectivity index (χ4n) is 1.90. The maximum atomic E-state index is 10.8. The second kappa shape index (κ2) is 6.95. The number of nitriles is 1. The lowest BCUT2D eigenvalue weighted by Gasteiger charge is -2.29. The number of rotatable bonds is 6. The van der Waals surface area contributed by atoms with Crippen molar-refractivity contribution in [3.63, 3.8) is 0 Å². The van der Waals surface area contributed by atoms with E-state index in [1.807, 2.05) is 18.7 Å². The highest BCUT2D eigenvalue weighted by molar-refractivity contribution is 6.17. The fourth-order valence-corrected chi connectivity index (χ4v) is 2.11. The third-order valence-corrected chi connectivity index (χ3v) is 3.10. The van der Waals surface area contributed by atoms with Gasteiger partial charge >= 0.3 is 0 Å². The Kier molecular flexibility index (Phi) is 5.58. The van der Waals surface area contributed by atoms with Crippen LogP contribution in [0.4, 0.5) is 11.4 Å². The van der Waals surface area contributed by atoms with Gasteiger partial charge in [-0.1, -0.05) is 0 Å². The summed E-state index contributed by atoms with van der Waals surface area (Å²) in [6.07, 6.45) is 0.400. The third-order valence-electron chi connectivity index (χ3n) is 2.82. The largest absolute Gasteiger partial charge is 0.368 e. The summed E-state index contributed by atoms with van der Waals surface area (Å²) in [5.74, 6) is 0.201. The van der Waals surface area contributed by atoms with Crippen molar-refractivity contribution in [2.45, 2.75) is 32.2 Å². The molecule has 1 aromatic rings. The first-order valence-electron chi connectivity index (χ1n) is 5.98. The highest BCUT2D eigenvalue weighted by Crippen LogP contribution is 2.28. The molecular weight excluding hydrogens is 266 g/mol. The van der Waals surface area contributed by atoms with E-state index in [1.165, 1.54) is 12.1 Å². The Hall–Kier alpha value is -1.80. The van der Waals surface area contributed by atoms with Gasteiger partial charge in [-0.3, -0.25) is 10.1 Å². The Bertz CT molecular complexity index is 497. The van der Waals surface area contributed by atoms with E-state index >= 15 is 0 Å². The van der Waals surface area contributed by atoms with E-state index in [2.05, 4.69) is 6.07 Å². The number of anilines is 1. The first-order valence-corrected chi connectivity index (χ1v) is 6.51. The van der Waals surface area contributed by atoms with E-state index < -0.39 is 4.92 Å². The Balaban J connectivity index is 3.15. The zero-order chi connectivity index (χ0) is 14.4. The van der Waals surface area contributed by atoms with Gasteiger partial charge in [0.25, 0.3) is 5.69 Å². The molecule has 0 unspecified atom stereocenters. The molecule has 1 rings (SSSR count). The number of non-ortho nitro benzene ring substituents is 1. The summed E-state index contributed by atoms with van der Waals surface area (Å²) in [7, 11) is 0. The number of hydrogen-bond acceptors (Lipinski definition) is 4. The second-order valence-corrected chi connectivity index (χ2v) is 4.67. The van der Waals surface area contributed by atoms with E-state index in [0.717, 1.165) is 5.69 Å². The van der Waals surface area contributed by atoms with Gasteiger partial charge in [-0.2, -0.15) is 5.26 Å². The Labute approximate surface area is 117 Å². The highest BCUT2D eigenvalue weighted by atomic mass is 35.5. The molecule has 0 N–H and O–H groups in total. The van der Waals surface area contributed by atoms with Gasteiger partial charge < -0.3 is 4.90 Å². The van der Waals surface area contributed by atoms with Gasteiger partial charge in [0.15, 0.2) is 0 Å². The summed E-state index contributed by atoms with van der Waals surface area (Å²) in [5.41, 5.74) is 1.59. The smallest absolute Gasteiger partial charge is 0.269 e. The van der Waals surface area contributed by atoms with E-state index in [1.54, 1.807) is 6.07 Å². The summed E-state index contributed by atoms with van der Waals surface area (Å²) in [6, 6.07) is 6.96. The van der Waals surface area contributed by atoms with Gasteiger partial charge in [-0.25, -0.2) is 0 Å². The molecule has 6 heteroatoms. The molecule has 102 valence electrons. The summed E-state index contributed by atoms with van der Waals surface area (Å²) < 4.78 is 0. The first kappa shape index (κ1) is 15.3. The van der Waals surface area contributed by atoms with Gasteiger partial charge in [-0.05, 0) is 25.5 Å². The van der Waals surface area contributed by atoms with Crippen molar-refractivity contribution in [1.29, 1.82) is 5.26 Å². The van der Waals surface area contributed by atoms with E-state index in [-0.39, 0.29) is 17.6 Å². The van der Waals surface area contributed by atoms with Crippen molar-refractivity contribution < 1.29 is 4.92 Å². The Morgan fingerprint density at radius 1 is 1.53 bits per heavy atom. The molecule has 0 saturated heterocycles. The molecule has 0 aliphatic carbocycles. The minimum Gasteiger partial charge on any atom is -0.368 e. The van der Waals surface area contributed by atoms with Crippen LogP contribution in [0.3, 0.4) is 0 Å². The Morgan fingerprint density at radius 2 is 2.21 bits per heavy atom. The maximum Gasteiger partial charge on any atom is 0.269 e. The number of nitrogens with zero attached hydrogens (tertiary/aromatic N) is 3. The van der Waals surface area contributed by atoms with E-state index in [4.69, 9.17) is 16.9 Å². The van der Waals surface area contributed by atoms with Crippen LogP contribution in [0.1, 0.15) is 25.8 Å². The van der Waals surface area contributed by atoms with Crippen molar-refractivity contribution >= 4 is 23.0 Å². The number of benzene rings is 1.